The zero-order valence-electron chi connectivity index (χ0n) is 22.1. The van der Waals surface area contributed by atoms with Gasteiger partial charge >= 0.3 is 11.8 Å². The summed E-state index contributed by atoms with van der Waals surface area (Å²) >= 11 is 0. The van der Waals surface area contributed by atoms with Crippen LogP contribution in [0.4, 0.5) is 4.39 Å². The SMILES string of the molecule is Cc1cc(CCC(=O)c2nc3n(c(=O)c2O)CCN(C(C)C)CC3N(C)C(=O)C(=O)N(C)C)ccc1F. The molecule has 0 radical (unpaired) electrons. The first kappa shape index (κ1) is 28.0. The number of carbonyl (C=O) groups is 3. The fourth-order valence-corrected chi connectivity index (χ4v) is 4.34. The van der Waals surface area contributed by atoms with Gasteiger partial charge in [0.25, 0.3) is 5.56 Å². The van der Waals surface area contributed by atoms with E-state index in [1.165, 1.54) is 41.6 Å². The Morgan fingerprint density at radius 1 is 1.16 bits per heavy atom. The molecule has 0 aliphatic carbocycles. The first-order chi connectivity index (χ1) is 17.3. The molecule has 0 saturated heterocycles. The molecule has 1 aliphatic rings. The molecule has 3 rings (SSSR count). The number of rotatable bonds is 6. The van der Waals surface area contributed by atoms with E-state index in [9.17, 15) is 28.7 Å². The number of halogens is 1. The van der Waals surface area contributed by atoms with E-state index in [4.69, 9.17) is 0 Å². The van der Waals surface area contributed by atoms with Crippen LogP contribution in [0.3, 0.4) is 0 Å². The van der Waals surface area contributed by atoms with Gasteiger partial charge in [0, 0.05) is 53.2 Å². The van der Waals surface area contributed by atoms with Gasteiger partial charge in [0.15, 0.2) is 11.5 Å². The van der Waals surface area contributed by atoms with Crippen LogP contribution in [-0.2, 0) is 22.6 Å². The van der Waals surface area contributed by atoms with Crippen molar-refractivity contribution in [3.05, 3.63) is 57.0 Å². The zero-order valence-corrected chi connectivity index (χ0v) is 22.1. The van der Waals surface area contributed by atoms with Crippen LogP contribution in [0, 0.1) is 12.7 Å². The van der Waals surface area contributed by atoms with E-state index in [2.05, 4.69) is 4.98 Å². The lowest BCUT2D eigenvalue weighted by molar-refractivity contribution is -0.151. The summed E-state index contributed by atoms with van der Waals surface area (Å²) in [6, 6.07) is 3.79. The van der Waals surface area contributed by atoms with Gasteiger partial charge in [-0.2, -0.15) is 0 Å². The second-order valence-corrected chi connectivity index (χ2v) is 9.85. The maximum atomic E-state index is 13.6. The minimum atomic E-state index is -0.819. The Bertz CT molecular complexity index is 1270. The van der Waals surface area contributed by atoms with Gasteiger partial charge in [0.05, 0.1) is 0 Å². The van der Waals surface area contributed by atoms with Gasteiger partial charge in [0.1, 0.15) is 17.7 Å². The minimum Gasteiger partial charge on any atom is -0.501 e. The lowest BCUT2D eigenvalue weighted by atomic mass is 10.0. The summed E-state index contributed by atoms with van der Waals surface area (Å²) in [5.74, 6) is -3.04. The molecule has 2 aromatic rings. The Hall–Kier alpha value is -3.60. The summed E-state index contributed by atoms with van der Waals surface area (Å²) < 4.78 is 14.9. The fraction of sp³-hybridized carbons (Fsp3) is 0.500. The molecule has 0 saturated carbocycles. The third-order valence-corrected chi connectivity index (χ3v) is 6.73. The number of benzene rings is 1. The fourth-order valence-electron chi connectivity index (χ4n) is 4.34. The number of fused-ring (bicyclic) bond motifs is 1. The number of amides is 2. The predicted molar refractivity (Wildman–Crippen MR) is 135 cm³/mol. The second kappa shape index (κ2) is 11.2. The molecule has 0 bridgehead atoms. The van der Waals surface area contributed by atoms with Crippen LogP contribution in [0.2, 0.25) is 0 Å². The Morgan fingerprint density at radius 3 is 2.43 bits per heavy atom. The topological polar surface area (TPSA) is 116 Å². The highest BCUT2D eigenvalue weighted by molar-refractivity contribution is 6.34. The van der Waals surface area contributed by atoms with E-state index in [0.717, 1.165) is 5.56 Å². The number of aromatic nitrogens is 2. The quantitative estimate of drug-likeness (QED) is 0.458. The summed E-state index contributed by atoms with van der Waals surface area (Å²) in [4.78, 5) is 60.5. The first-order valence-electron chi connectivity index (χ1n) is 12.2. The third kappa shape index (κ3) is 5.87. The van der Waals surface area contributed by atoms with Gasteiger partial charge in [-0.3, -0.25) is 28.6 Å². The second-order valence-electron chi connectivity index (χ2n) is 9.85. The van der Waals surface area contributed by atoms with Crippen LogP contribution in [-0.4, -0.2) is 87.2 Å². The highest BCUT2D eigenvalue weighted by atomic mass is 19.1. The Balaban J connectivity index is 2.02. The maximum absolute atomic E-state index is 13.6. The highest BCUT2D eigenvalue weighted by Gasteiger charge is 2.36. The summed E-state index contributed by atoms with van der Waals surface area (Å²) in [7, 11) is 4.39. The molecule has 1 atom stereocenters. The van der Waals surface area contributed by atoms with Crippen molar-refractivity contribution in [2.24, 2.45) is 0 Å². The molecule has 2 amide bonds. The van der Waals surface area contributed by atoms with Crippen molar-refractivity contribution in [1.29, 1.82) is 0 Å². The Labute approximate surface area is 215 Å². The van der Waals surface area contributed by atoms with Crippen LogP contribution in [0.1, 0.15) is 53.7 Å². The molecular weight excluding hydrogens is 481 g/mol. The van der Waals surface area contributed by atoms with E-state index in [1.54, 1.807) is 19.1 Å². The zero-order chi connectivity index (χ0) is 27.6. The average Bonchev–Trinajstić information content (AvgIpc) is 3.05. The Morgan fingerprint density at radius 2 is 1.84 bits per heavy atom. The molecule has 200 valence electrons. The number of hydrogen-bond donors (Lipinski definition) is 1. The number of Topliss-reactive ketones (excluding diaryl/α,β-unsaturated/α-hetero) is 1. The van der Waals surface area contributed by atoms with Gasteiger partial charge in [-0.05, 0) is 44.4 Å². The lowest BCUT2D eigenvalue weighted by Crippen LogP contribution is -2.46. The molecule has 1 unspecified atom stereocenters. The van der Waals surface area contributed by atoms with Crippen molar-refractivity contribution in [3.63, 3.8) is 0 Å². The standard InChI is InChI=1S/C26H34FN5O5/c1-15(2)31-11-12-32-23(19(14-31)30(6)26(37)25(36)29(4)5)28-21(22(34)24(32)35)20(33)10-8-17-7-9-18(27)16(3)13-17/h7,9,13,15,19,34H,8,10-12,14H2,1-6H3. The van der Waals surface area contributed by atoms with Crippen LogP contribution >= 0.6 is 0 Å². The Kier molecular flexibility index (Phi) is 8.47. The molecule has 1 aromatic carbocycles. The molecule has 2 heterocycles. The van der Waals surface area contributed by atoms with E-state index < -0.39 is 34.9 Å². The van der Waals surface area contributed by atoms with Crippen molar-refractivity contribution < 1.29 is 23.9 Å². The molecule has 1 N–H and O–H groups in total. The lowest BCUT2D eigenvalue weighted by Gasteiger charge is -2.32. The molecule has 1 aromatic heterocycles. The van der Waals surface area contributed by atoms with Crippen LogP contribution in [0.5, 0.6) is 5.75 Å². The average molecular weight is 516 g/mol. The monoisotopic (exact) mass is 515 g/mol. The summed E-state index contributed by atoms with van der Waals surface area (Å²) in [6.07, 6.45) is 0.199. The molecule has 11 heteroatoms. The smallest absolute Gasteiger partial charge is 0.312 e. The normalized spacial score (nSPS) is 15.7. The van der Waals surface area contributed by atoms with E-state index in [-0.39, 0.29) is 49.3 Å². The number of ketones is 1. The first-order valence-corrected chi connectivity index (χ1v) is 12.2. The molecule has 37 heavy (non-hydrogen) atoms. The summed E-state index contributed by atoms with van der Waals surface area (Å²) in [5, 5.41) is 10.6. The third-order valence-electron chi connectivity index (χ3n) is 6.73. The summed E-state index contributed by atoms with van der Waals surface area (Å²) in [5.41, 5.74) is 0.0298. The number of aromatic hydroxyl groups is 1. The van der Waals surface area contributed by atoms with Crippen LogP contribution < -0.4 is 5.56 Å². The van der Waals surface area contributed by atoms with Crippen LogP contribution in [0.15, 0.2) is 23.0 Å². The number of nitrogens with zero attached hydrogens (tertiary/aromatic N) is 5. The van der Waals surface area contributed by atoms with E-state index in [1.807, 2.05) is 18.7 Å². The van der Waals surface area contributed by atoms with Crippen molar-refractivity contribution in [2.75, 3.05) is 34.2 Å². The predicted octanol–water partition coefficient (Wildman–Crippen LogP) is 1.52. The molecule has 0 fully saturated rings. The minimum absolute atomic E-state index is 0.0643. The van der Waals surface area contributed by atoms with Crippen molar-refractivity contribution in [1.82, 2.24) is 24.3 Å². The van der Waals surface area contributed by atoms with Crippen LogP contribution in [0.25, 0.3) is 0 Å². The van der Waals surface area contributed by atoms with Gasteiger partial charge in [-0.25, -0.2) is 9.37 Å². The highest BCUT2D eigenvalue weighted by Crippen LogP contribution is 2.26. The van der Waals surface area contributed by atoms with Gasteiger partial charge in [0.2, 0.25) is 5.75 Å². The van der Waals surface area contributed by atoms with E-state index >= 15 is 0 Å². The van der Waals surface area contributed by atoms with Crippen molar-refractivity contribution in [3.8, 4) is 5.75 Å². The van der Waals surface area contributed by atoms with Crippen molar-refractivity contribution >= 4 is 17.6 Å². The summed E-state index contributed by atoms with van der Waals surface area (Å²) in [6.45, 7) is 6.49. The number of hydrogen-bond acceptors (Lipinski definition) is 7. The molecular formula is C26H34FN5O5. The number of aryl methyl sites for hydroxylation is 2. The van der Waals surface area contributed by atoms with Gasteiger partial charge in [-0.1, -0.05) is 12.1 Å². The molecule has 0 spiro atoms. The molecule has 10 nitrogen and oxygen atoms in total. The molecule has 1 aliphatic heterocycles. The largest absolute Gasteiger partial charge is 0.501 e. The number of likely N-dealkylation sites (N-methyl/N-ethyl adjacent to an activating group) is 2. The van der Waals surface area contributed by atoms with Crippen molar-refractivity contribution in [2.45, 2.75) is 52.2 Å². The number of carbonyl (C=O) groups excluding carboxylic acids is 3. The van der Waals surface area contributed by atoms with Gasteiger partial charge < -0.3 is 14.9 Å². The maximum Gasteiger partial charge on any atom is 0.312 e. The van der Waals surface area contributed by atoms with E-state index in [0.29, 0.717) is 12.1 Å². The van der Waals surface area contributed by atoms with Gasteiger partial charge in [-0.15, -0.1) is 0 Å².